The van der Waals surface area contributed by atoms with Crippen molar-refractivity contribution in [2.75, 3.05) is 13.1 Å². The van der Waals surface area contributed by atoms with E-state index in [-0.39, 0.29) is 17.4 Å². The second-order valence-electron chi connectivity index (χ2n) is 5.31. The lowest BCUT2D eigenvalue weighted by Gasteiger charge is -2.25. The second-order valence-corrected chi connectivity index (χ2v) is 5.31. The van der Waals surface area contributed by atoms with E-state index in [2.05, 4.69) is 15.6 Å². The van der Waals surface area contributed by atoms with Gasteiger partial charge in [-0.15, -0.1) is 0 Å². The van der Waals surface area contributed by atoms with Gasteiger partial charge in [0.1, 0.15) is 0 Å². The highest BCUT2D eigenvalue weighted by Crippen LogP contribution is 2.44. The Morgan fingerprint density at radius 1 is 1.33 bits per heavy atom. The Bertz CT molecular complexity index is 422. The molecule has 0 unspecified atom stereocenters. The predicted octanol–water partition coefficient (Wildman–Crippen LogP) is 1.19. The van der Waals surface area contributed by atoms with Crippen LogP contribution in [0.5, 0.6) is 0 Å². The van der Waals surface area contributed by atoms with E-state index in [0.29, 0.717) is 0 Å². The number of carbonyl (C=O) groups is 1. The van der Waals surface area contributed by atoms with Crippen LogP contribution in [0.3, 0.4) is 0 Å². The summed E-state index contributed by atoms with van der Waals surface area (Å²) >= 11 is 0. The van der Waals surface area contributed by atoms with Crippen LogP contribution >= 0.6 is 0 Å². The first-order valence-electron chi connectivity index (χ1n) is 6.74. The summed E-state index contributed by atoms with van der Waals surface area (Å²) in [4.78, 5) is 16.6. The lowest BCUT2D eigenvalue weighted by molar-refractivity contribution is -0.126. The van der Waals surface area contributed by atoms with Crippen molar-refractivity contribution in [3.63, 3.8) is 0 Å². The molecular weight excluding hydrogens is 226 g/mol. The summed E-state index contributed by atoms with van der Waals surface area (Å²) in [5.74, 6) is 0.382. The van der Waals surface area contributed by atoms with E-state index in [4.69, 9.17) is 0 Å². The Morgan fingerprint density at radius 3 is 2.72 bits per heavy atom. The molecule has 0 radical (unpaired) electrons. The standard InChI is InChI=1S/C14H19N3O/c18-13(11-4-9-15-10-5-11)17-14(6-7-14)12-3-1-2-8-16-12/h1-3,8,11,15H,4-7,9-10H2,(H,17,18). The number of nitrogens with zero attached hydrogens (tertiary/aromatic N) is 1. The Labute approximate surface area is 107 Å². The number of rotatable bonds is 3. The van der Waals surface area contributed by atoms with Gasteiger partial charge in [0.05, 0.1) is 11.2 Å². The van der Waals surface area contributed by atoms with Crippen LogP contribution in [-0.2, 0) is 10.3 Å². The van der Waals surface area contributed by atoms with Crippen molar-refractivity contribution in [3.05, 3.63) is 30.1 Å². The Hall–Kier alpha value is -1.42. The van der Waals surface area contributed by atoms with E-state index in [1.165, 1.54) is 0 Å². The lowest BCUT2D eigenvalue weighted by Crippen LogP contribution is -2.43. The van der Waals surface area contributed by atoms with Gasteiger partial charge in [0.2, 0.25) is 5.91 Å². The van der Waals surface area contributed by atoms with Gasteiger partial charge < -0.3 is 10.6 Å². The van der Waals surface area contributed by atoms with Gasteiger partial charge in [0, 0.05) is 12.1 Å². The molecule has 2 aliphatic rings. The summed E-state index contributed by atoms with van der Waals surface area (Å²) in [7, 11) is 0. The molecule has 1 saturated heterocycles. The molecule has 4 nitrogen and oxygen atoms in total. The van der Waals surface area contributed by atoms with E-state index in [1.54, 1.807) is 6.20 Å². The average molecular weight is 245 g/mol. The number of amides is 1. The highest BCUT2D eigenvalue weighted by atomic mass is 16.2. The molecule has 1 aromatic rings. The van der Waals surface area contributed by atoms with Gasteiger partial charge in [-0.2, -0.15) is 0 Å². The number of nitrogens with one attached hydrogen (secondary N) is 2. The maximum atomic E-state index is 12.3. The van der Waals surface area contributed by atoms with E-state index in [9.17, 15) is 4.79 Å². The first-order valence-corrected chi connectivity index (χ1v) is 6.74. The third-order valence-corrected chi connectivity index (χ3v) is 3.98. The molecule has 1 aliphatic carbocycles. The van der Waals surface area contributed by atoms with Crippen LogP contribution in [0.1, 0.15) is 31.4 Å². The molecule has 0 atom stereocenters. The number of hydrogen-bond donors (Lipinski definition) is 2. The highest BCUT2D eigenvalue weighted by Gasteiger charge is 2.47. The molecule has 0 spiro atoms. The van der Waals surface area contributed by atoms with Crippen LogP contribution in [0.4, 0.5) is 0 Å². The zero-order valence-corrected chi connectivity index (χ0v) is 10.5. The summed E-state index contributed by atoms with van der Waals surface area (Å²) in [6, 6.07) is 5.91. The number of aromatic nitrogens is 1. The first-order chi connectivity index (χ1) is 8.80. The van der Waals surface area contributed by atoms with E-state index in [0.717, 1.165) is 44.5 Å². The molecule has 1 aliphatic heterocycles. The summed E-state index contributed by atoms with van der Waals surface area (Å²) in [6.07, 6.45) is 5.72. The summed E-state index contributed by atoms with van der Waals surface area (Å²) in [6.45, 7) is 1.91. The summed E-state index contributed by atoms with van der Waals surface area (Å²) < 4.78 is 0. The molecule has 1 aromatic heterocycles. The topological polar surface area (TPSA) is 54.0 Å². The van der Waals surface area contributed by atoms with Gasteiger partial charge in [-0.05, 0) is 50.9 Å². The van der Waals surface area contributed by atoms with Crippen LogP contribution < -0.4 is 10.6 Å². The van der Waals surface area contributed by atoms with Gasteiger partial charge in [0.15, 0.2) is 0 Å². The van der Waals surface area contributed by atoms with Crippen molar-refractivity contribution in [2.45, 2.75) is 31.2 Å². The van der Waals surface area contributed by atoms with Crippen LogP contribution in [0.2, 0.25) is 0 Å². The monoisotopic (exact) mass is 245 g/mol. The van der Waals surface area contributed by atoms with Crippen molar-refractivity contribution >= 4 is 5.91 Å². The van der Waals surface area contributed by atoms with E-state index >= 15 is 0 Å². The molecule has 4 heteroatoms. The second kappa shape index (κ2) is 4.69. The van der Waals surface area contributed by atoms with Gasteiger partial charge in [0.25, 0.3) is 0 Å². The third-order valence-electron chi connectivity index (χ3n) is 3.98. The maximum absolute atomic E-state index is 12.3. The normalized spacial score (nSPS) is 22.4. The third kappa shape index (κ3) is 2.25. The van der Waals surface area contributed by atoms with Gasteiger partial charge in [-0.3, -0.25) is 9.78 Å². The Kier molecular flexibility index (Phi) is 3.04. The molecule has 96 valence electrons. The SMILES string of the molecule is O=C(NC1(c2ccccn2)CC1)C1CCNCC1. The number of pyridine rings is 1. The molecule has 2 fully saturated rings. The zero-order chi connectivity index (χ0) is 12.4. The predicted molar refractivity (Wildman–Crippen MR) is 68.9 cm³/mol. The van der Waals surface area contributed by atoms with Crippen molar-refractivity contribution in [1.29, 1.82) is 0 Å². The summed E-state index contributed by atoms with van der Waals surface area (Å²) in [5, 5.41) is 6.51. The molecule has 18 heavy (non-hydrogen) atoms. The Morgan fingerprint density at radius 2 is 2.11 bits per heavy atom. The van der Waals surface area contributed by atoms with Crippen molar-refractivity contribution in [1.82, 2.24) is 15.6 Å². The number of hydrogen-bond acceptors (Lipinski definition) is 3. The minimum Gasteiger partial charge on any atom is -0.345 e. The van der Waals surface area contributed by atoms with Crippen LogP contribution in [0, 0.1) is 5.92 Å². The fraction of sp³-hybridized carbons (Fsp3) is 0.571. The minimum atomic E-state index is -0.163. The smallest absolute Gasteiger partial charge is 0.223 e. The number of piperidine rings is 1. The van der Waals surface area contributed by atoms with Crippen molar-refractivity contribution < 1.29 is 4.79 Å². The Balaban J connectivity index is 1.67. The first kappa shape index (κ1) is 11.7. The maximum Gasteiger partial charge on any atom is 0.223 e. The fourth-order valence-corrected chi connectivity index (χ4v) is 2.64. The van der Waals surface area contributed by atoms with Crippen LogP contribution in [0.15, 0.2) is 24.4 Å². The minimum absolute atomic E-state index is 0.163. The fourth-order valence-electron chi connectivity index (χ4n) is 2.64. The largest absolute Gasteiger partial charge is 0.345 e. The molecular formula is C14H19N3O. The van der Waals surface area contributed by atoms with E-state index in [1.807, 2.05) is 18.2 Å². The van der Waals surface area contributed by atoms with Gasteiger partial charge >= 0.3 is 0 Å². The molecule has 0 bridgehead atoms. The molecule has 2 heterocycles. The number of carbonyl (C=O) groups excluding carboxylic acids is 1. The highest BCUT2D eigenvalue weighted by molar-refractivity contribution is 5.80. The van der Waals surface area contributed by atoms with Crippen LogP contribution in [-0.4, -0.2) is 24.0 Å². The molecule has 1 saturated carbocycles. The van der Waals surface area contributed by atoms with Gasteiger partial charge in [-0.1, -0.05) is 6.07 Å². The molecule has 3 rings (SSSR count). The molecule has 0 aromatic carbocycles. The average Bonchev–Trinajstić information content (AvgIpc) is 3.22. The van der Waals surface area contributed by atoms with Crippen LogP contribution in [0.25, 0.3) is 0 Å². The zero-order valence-electron chi connectivity index (χ0n) is 10.5. The molecule has 2 N–H and O–H groups in total. The van der Waals surface area contributed by atoms with Gasteiger partial charge in [-0.25, -0.2) is 0 Å². The van der Waals surface area contributed by atoms with Crippen molar-refractivity contribution in [3.8, 4) is 0 Å². The summed E-state index contributed by atoms with van der Waals surface area (Å²) in [5.41, 5.74) is 0.843. The van der Waals surface area contributed by atoms with E-state index < -0.39 is 0 Å². The molecule has 1 amide bonds. The lowest BCUT2D eigenvalue weighted by atomic mass is 9.96. The van der Waals surface area contributed by atoms with Crippen molar-refractivity contribution in [2.24, 2.45) is 5.92 Å². The quantitative estimate of drug-likeness (QED) is 0.841.